The smallest absolute Gasteiger partial charge is 0.332 e. The van der Waals surface area contributed by atoms with Gasteiger partial charge < -0.3 is 35.2 Å². The lowest BCUT2D eigenvalue weighted by atomic mass is 10.0. The Hall–Kier alpha value is -1.30. The van der Waals surface area contributed by atoms with Gasteiger partial charge in [0.1, 0.15) is 18.3 Å². The van der Waals surface area contributed by atoms with Crippen LogP contribution in [0.2, 0.25) is 0 Å². The van der Waals surface area contributed by atoms with Crippen molar-refractivity contribution in [2.24, 2.45) is 0 Å². The van der Waals surface area contributed by atoms with E-state index in [9.17, 15) is 19.8 Å². The first-order valence-corrected chi connectivity index (χ1v) is 8.39. The molecular weight excluding hydrogens is 336 g/mol. The largest absolute Gasteiger partial charge is 0.480 e. The van der Waals surface area contributed by atoms with Crippen molar-refractivity contribution in [3.63, 3.8) is 0 Å². The zero-order valence-electron chi connectivity index (χ0n) is 13.9. The third-order valence-electron chi connectivity index (χ3n) is 4.84. The summed E-state index contributed by atoms with van der Waals surface area (Å²) in [6.45, 7) is 2.20. The fourth-order valence-electron chi connectivity index (χ4n) is 3.39. The van der Waals surface area contributed by atoms with Crippen molar-refractivity contribution in [2.75, 3.05) is 39.3 Å². The molecule has 0 aliphatic carbocycles. The number of aliphatic carboxylic acids is 2. The Balaban J connectivity index is 1.71. The first kappa shape index (κ1) is 20.0. The Morgan fingerprint density at radius 2 is 1.56 bits per heavy atom. The molecule has 4 atom stereocenters. The maximum atomic E-state index is 11.0. The normalized spacial score (nSPS) is 31.5. The van der Waals surface area contributed by atoms with E-state index in [4.69, 9.17) is 20.1 Å². The zero-order chi connectivity index (χ0) is 18.6. The Bertz CT molecular complexity index is 454. The van der Waals surface area contributed by atoms with E-state index in [0.717, 1.165) is 0 Å². The van der Waals surface area contributed by atoms with E-state index >= 15 is 0 Å². The molecule has 2 saturated heterocycles. The van der Waals surface area contributed by atoms with Crippen LogP contribution in [0, 0.1) is 0 Å². The average Bonchev–Trinajstić information content (AvgIpc) is 2.83. The second-order valence-electron chi connectivity index (χ2n) is 6.48. The number of aliphatic hydroxyl groups excluding tert-OH is 3. The molecular formula is C15H26N2O8. The summed E-state index contributed by atoms with van der Waals surface area (Å²) in [5, 5.41) is 46.6. The molecule has 4 unspecified atom stereocenters. The monoisotopic (exact) mass is 362 g/mol. The van der Waals surface area contributed by atoms with Crippen molar-refractivity contribution in [2.45, 2.75) is 43.3 Å². The van der Waals surface area contributed by atoms with E-state index in [2.05, 4.69) is 4.90 Å². The number of carboxylic acid groups (broad SMARTS) is 2. The molecule has 0 bridgehead atoms. The van der Waals surface area contributed by atoms with E-state index in [0.29, 0.717) is 45.6 Å². The Morgan fingerprint density at radius 3 is 2.04 bits per heavy atom. The van der Waals surface area contributed by atoms with Crippen molar-refractivity contribution < 1.29 is 39.9 Å². The van der Waals surface area contributed by atoms with Gasteiger partial charge in [0.05, 0.1) is 12.7 Å². The molecule has 2 fully saturated rings. The van der Waals surface area contributed by atoms with Gasteiger partial charge in [-0.1, -0.05) is 0 Å². The number of nitrogens with zero attached hydrogens (tertiary/aromatic N) is 2. The van der Waals surface area contributed by atoms with Crippen LogP contribution in [-0.2, 0) is 14.3 Å². The molecule has 10 nitrogen and oxygen atoms in total. The maximum absolute atomic E-state index is 11.0. The van der Waals surface area contributed by atoms with Crippen LogP contribution in [0.5, 0.6) is 0 Å². The zero-order valence-corrected chi connectivity index (χ0v) is 13.9. The quantitative estimate of drug-likeness (QED) is 0.291. The summed E-state index contributed by atoms with van der Waals surface area (Å²) >= 11 is 0. The minimum Gasteiger partial charge on any atom is -0.480 e. The highest BCUT2D eigenvalue weighted by Gasteiger charge is 2.41. The van der Waals surface area contributed by atoms with Crippen LogP contribution in [0.15, 0.2) is 0 Å². The van der Waals surface area contributed by atoms with E-state index in [1.165, 1.54) is 4.90 Å². The molecule has 144 valence electrons. The van der Waals surface area contributed by atoms with Crippen molar-refractivity contribution in [3.8, 4) is 0 Å². The molecule has 0 radical (unpaired) electrons. The predicted octanol–water partition coefficient (Wildman–Crippen LogP) is -2.60. The van der Waals surface area contributed by atoms with Gasteiger partial charge in [-0.3, -0.25) is 4.90 Å². The highest BCUT2D eigenvalue weighted by molar-refractivity contribution is 5.97. The highest BCUT2D eigenvalue weighted by atomic mass is 16.6. The van der Waals surface area contributed by atoms with Crippen LogP contribution in [0.25, 0.3) is 0 Å². The topological polar surface area (TPSA) is 151 Å². The Morgan fingerprint density at radius 1 is 1.00 bits per heavy atom. The number of rotatable bonds is 8. The average molecular weight is 362 g/mol. The van der Waals surface area contributed by atoms with Gasteiger partial charge >= 0.3 is 11.9 Å². The molecule has 10 heteroatoms. The van der Waals surface area contributed by atoms with Gasteiger partial charge in [-0.25, -0.2) is 9.59 Å². The number of piperazine rings is 1. The number of carboxylic acids is 2. The summed E-state index contributed by atoms with van der Waals surface area (Å²) < 4.78 is 5.42. The standard InChI is InChI=1S/C15H26N2O8/c18-8-10-13(20)12(19)9(25-10)2-1-3-16-4-6-17(7-5-16)11(14(21)22)15(23)24/h9-13,18-20H,1-8H2,(H,21,22)(H,23,24). The first-order valence-electron chi connectivity index (χ1n) is 8.39. The van der Waals surface area contributed by atoms with Crippen molar-refractivity contribution in [1.82, 2.24) is 9.80 Å². The molecule has 0 aromatic rings. The minimum absolute atomic E-state index is 0.342. The van der Waals surface area contributed by atoms with Crippen LogP contribution >= 0.6 is 0 Å². The predicted molar refractivity (Wildman–Crippen MR) is 84.1 cm³/mol. The van der Waals surface area contributed by atoms with Crippen molar-refractivity contribution in [1.29, 1.82) is 0 Å². The minimum atomic E-state index is -1.51. The van der Waals surface area contributed by atoms with Gasteiger partial charge in [0.15, 0.2) is 0 Å². The second-order valence-corrected chi connectivity index (χ2v) is 6.48. The summed E-state index contributed by atoms with van der Waals surface area (Å²) in [5.74, 6) is -2.71. The SMILES string of the molecule is O=C(O)C(C(=O)O)N1CCN(CCCC2OC(CO)C(O)C2O)CC1. The number of carbonyl (C=O) groups is 2. The molecule has 5 N–H and O–H groups in total. The van der Waals surface area contributed by atoms with Gasteiger partial charge in [-0.15, -0.1) is 0 Å². The second kappa shape index (κ2) is 8.88. The fourth-order valence-corrected chi connectivity index (χ4v) is 3.39. The molecule has 2 heterocycles. The molecule has 0 amide bonds. The van der Waals surface area contributed by atoms with Gasteiger partial charge in [-0.05, 0) is 19.4 Å². The van der Waals surface area contributed by atoms with E-state index in [-0.39, 0.29) is 6.61 Å². The summed E-state index contributed by atoms with van der Waals surface area (Å²) in [6.07, 6.45) is -2.14. The van der Waals surface area contributed by atoms with Gasteiger partial charge in [0.2, 0.25) is 6.04 Å². The van der Waals surface area contributed by atoms with Crippen LogP contribution in [0.1, 0.15) is 12.8 Å². The Labute approximate surface area is 145 Å². The van der Waals surface area contributed by atoms with E-state index < -0.39 is 42.4 Å². The van der Waals surface area contributed by atoms with Gasteiger partial charge in [-0.2, -0.15) is 0 Å². The third kappa shape index (κ3) is 4.87. The number of ether oxygens (including phenoxy) is 1. The van der Waals surface area contributed by atoms with Gasteiger partial charge in [0.25, 0.3) is 0 Å². The van der Waals surface area contributed by atoms with Crippen molar-refractivity contribution >= 4 is 11.9 Å². The van der Waals surface area contributed by atoms with Gasteiger partial charge in [0, 0.05) is 26.2 Å². The summed E-state index contributed by atoms with van der Waals surface area (Å²) in [6, 6.07) is -1.51. The van der Waals surface area contributed by atoms with Crippen LogP contribution in [0.3, 0.4) is 0 Å². The van der Waals surface area contributed by atoms with Crippen LogP contribution < -0.4 is 0 Å². The lowest BCUT2D eigenvalue weighted by Gasteiger charge is -2.36. The lowest BCUT2D eigenvalue weighted by Crippen LogP contribution is -2.55. The molecule has 0 spiro atoms. The summed E-state index contributed by atoms with van der Waals surface area (Å²) in [5.41, 5.74) is 0. The number of hydrogen-bond acceptors (Lipinski definition) is 8. The molecule has 0 saturated carbocycles. The maximum Gasteiger partial charge on any atom is 0.332 e. The van der Waals surface area contributed by atoms with E-state index in [1.807, 2.05) is 0 Å². The van der Waals surface area contributed by atoms with Crippen LogP contribution in [0.4, 0.5) is 0 Å². The summed E-state index contributed by atoms with van der Waals surface area (Å²) in [7, 11) is 0. The fraction of sp³-hybridized carbons (Fsp3) is 0.867. The lowest BCUT2D eigenvalue weighted by molar-refractivity contribution is -0.157. The number of hydrogen-bond donors (Lipinski definition) is 5. The molecule has 0 aromatic heterocycles. The molecule has 25 heavy (non-hydrogen) atoms. The molecule has 2 aliphatic heterocycles. The third-order valence-corrected chi connectivity index (χ3v) is 4.84. The first-order chi connectivity index (χ1) is 11.8. The molecule has 0 aromatic carbocycles. The van der Waals surface area contributed by atoms with Crippen molar-refractivity contribution in [3.05, 3.63) is 0 Å². The highest BCUT2D eigenvalue weighted by Crippen LogP contribution is 2.24. The Kier molecular flexibility index (Phi) is 7.11. The summed E-state index contributed by atoms with van der Waals surface area (Å²) in [4.78, 5) is 25.6. The molecule has 2 aliphatic rings. The van der Waals surface area contributed by atoms with E-state index in [1.54, 1.807) is 0 Å². The van der Waals surface area contributed by atoms with Crippen LogP contribution in [-0.4, -0.2) is 117 Å². The number of aliphatic hydroxyl groups is 3. The molecule has 2 rings (SSSR count).